The Kier molecular flexibility index (Phi) is 4.52. The summed E-state index contributed by atoms with van der Waals surface area (Å²) in [5, 5.41) is 4.18. The van der Waals surface area contributed by atoms with Crippen molar-refractivity contribution in [2.45, 2.75) is 24.8 Å². The second-order valence-corrected chi connectivity index (χ2v) is 6.78. The minimum atomic E-state index is -3.86. The number of aryl methyl sites for hydroxylation is 2. The molecule has 22 heavy (non-hydrogen) atoms. The van der Waals surface area contributed by atoms with Gasteiger partial charge in [0.15, 0.2) is 5.75 Å². The van der Waals surface area contributed by atoms with Crippen molar-refractivity contribution in [2.24, 2.45) is 7.05 Å². The molecule has 1 unspecified atom stereocenters. The van der Waals surface area contributed by atoms with Crippen molar-refractivity contribution in [3.63, 3.8) is 0 Å². The van der Waals surface area contributed by atoms with Gasteiger partial charge in [-0.25, -0.2) is 17.5 Å². The Balaban J connectivity index is 2.31. The third kappa shape index (κ3) is 3.45. The molecule has 0 radical (unpaired) electrons. The Labute approximate surface area is 129 Å². The van der Waals surface area contributed by atoms with Crippen LogP contribution in [0.2, 0.25) is 0 Å². The van der Waals surface area contributed by atoms with Gasteiger partial charge >= 0.3 is 0 Å². The number of nitrogens with one attached hydrogen (secondary N) is 1. The van der Waals surface area contributed by atoms with E-state index in [0.717, 1.165) is 6.07 Å². The molecule has 120 valence electrons. The van der Waals surface area contributed by atoms with Gasteiger partial charge in [-0.1, -0.05) is 0 Å². The summed E-state index contributed by atoms with van der Waals surface area (Å²) >= 11 is 0. The van der Waals surface area contributed by atoms with E-state index < -0.39 is 21.9 Å². The monoisotopic (exact) mass is 327 g/mol. The minimum Gasteiger partial charge on any atom is -0.493 e. The third-order valence-electron chi connectivity index (χ3n) is 3.11. The summed E-state index contributed by atoms with van der Waals surface area (Å²) in [5.74, 6) is -0.114. The van der Waals surface area contributed by atoms with Gasteiger partial charge in [-0.3, -0.25) is 4.68 Å². The number of hydrogen-bond donors (Lipinski definition) is 1. The van der Waals surface area contributed by atoms with E-state index in [0.29, 0.717) is 17.0 Å². The lowest BCUT2D eigenvalue weighted by Gasteiger charge is -2.14. The molecule has 0 spiro atoms. The highest BCUT2D eigenvalue weighted by atomic mass is 32.2. The molecule has 8 heteroatoms. The van der Waals surface area contributed by atoms with Crippen LogP contribution >= 0.6 is 0 Å². The summed E-state index contributed by atoms with van der Waals surface area (Å²) in [5.41, 5.74) is 0.991. The van der Waals surface area contributed by atoms with Gasteiger partial charge in [-0.15, -0.1) is 0 Å². The fourth-order valence-corrected chi connectivity index (χ4v) is 3.48. The summed E-state index contributed by atoms with van der Waals surface area (Å²) in [6.45, 7) is 3.28. The Morgan fingerprint density at radius 3 is 2.64 bits per heavy atom. The van der Waals surface area contributed by atoms with Crippen molar-refractivity contribution in [1.29, 1.82) is 0 Å². The average molecular weight is 327 g/mol. The Morgan fingerprint density at radius 2 is 2.05 bits per heavy atom. The van der Waals surface area contributed by atoms with Gasteiger partial charge in [0.2, 0.25) is 10.0 Å². The normalized spacial score (nSPS) is 13.1. The summed E-state index contributed by atoms with van der Waals surface area (Å²) in [6, 6.07) is 3.04. The van der Waals surface area contributed by atoms with Crippen LogP contribution in [0.3, 0.4) is 0 Å². The second-order valence-electron chi connectivity index (χ2n) is 5.06. The van der Waals surface area contributed by atoms with E-state index in [2.05, 4.69) is 9.82 Å². The predicted octanol–water partition coefficient (Wildman–Crippen LogP) is 1.92. The summed E-state index contributed by atoms with van der Waals surface area (Å²) < 4.78 is 47.3. The highest BCUT2D eigenvalue weighted by Crippen LogP contribution is 2.24. The smallest absolute Gasteiger partial charge is 0.241 e. The number of sulfonamides is 1. The molecule has 0 saturated carbocycles. The van der Waals surface area contributed by atoms with E-state index in [1.54, 1.807) is 27.1 Å². The fourth-order valence-electron chi connectivity index (χ4n) is 2.16. The highest BCUT2D eigenvalue weighted by molar-refractivity contribution is 7.89. The molecule has 2 aromatic rings. The van der Waals surface area contributed by atoms with Crippen LogP contribution in [0, 0.1) is 12.7 Å². The molecular formula is C14H18FN3O3S. The van der Waals surface area contributed by atoms with E-state index in [4.69, 9.17) is 4.74 Å². The molecule has 1 heterocycles. The standard InChI is InChI=1S/C14H18FN3O3S/c1-9-5-11(15)7-12(6-9)22(19,20)17-10(2)14-13(21-4)8-18(3)16-14/h5-8,10,17H,1-4H3. The molecule has 0 saturated heterocycles. The van der Waals surface area contributed by atoms with Crippen molar-refractivity contribution in [3.05, 3.63) is 41.5 Å². The minimum absolute atomic E-state index is 0.119. The number of methoxy groups -OCH3 is 1. The summed E-state index contributed by atoms with van der Waals surface area (Å²) in [7, 11) is -0.668. The zero-order valence-electron chi connectivity index (χ0n) is 12.8. The third-order valence-corrected chi connectivity index (χ3v) is 4.63. The number of hydrogen-bond acceptors (Lipinski definition) is 4. The van der Waals surface area contributed by atoms with Crippen LogP contribution in [0.15, 0.2) is 29.3 Å². The topological polar surface area (TPSA) is 73.2 Å². The van der Waals surface area contributed by atoms with Gasteiger partial charge in [0.1, 0.15) is 11.5 Å². The molecule has 1 aromatic heterocycles. The maximum absolute atomic E-state index is 13.4. The first kappa shape index (κ1) is 16.4. The molecule has 0 aliphatic carbocycles. The summed E-state index contributed by atoms with van der Waals surface area (Å²) in [4.78, 5) is -0.119. The maximum atomic E-state index is 13.4. The van der Waals surface area contributed by atoms with E-state index in [1.165, 1.54) is 23.9 Å². The van der Waals surface area contributed by atoms with Crippen molar-refractivity contribution in [3.8, 4) is 5.75 Å². The molecule has 1 N–H and O–H groups in total. The van der Waals surface area contributed by atoms with E-state index in [-0.39, 0.29) is 4.90 Å². The Morgan fingerprint density at radius 1 is 1.36 bits per heavy atom. The van der Waals surface area contributed by atoms with Gasteiger partial charge in [0, 0.05) is 7.05 Å². The number of ether oxygens (including phenoxy) is 1. The van der Waals surface area contributed by atoms with Crippen molar-refractivity contribution in [1.82, 2.24) is 14.5 Å². The van der Waals surface area contributed by atoms with Crippen molar-refractivity contribution >= 4 is 10.0 Å². The molecule has 1 aromatic carbocycles. The van der Waals surface area contributed by atoms with Gasteiger partial charge in [-0.05, 0) is 37.6 Å². The van der Waals surface area contributed by atoms with Gasteiger partial charge in [0.25, 0.3) is 0 Å². The number of halogens is 1. The average Bonchev–Trinajstić information content (AvgIpc) is 2.78. The van der Waals surface area contributed by atoms with E-state index >= 15 is 0 Å². The Hall–Kier alpha value is -1.93. The quantitative estimate of drug-likeness (QED) is 0.910. The zero-order chi connectivity index (χ0) is 16.5. The van der Waals surface area contributed by atoms with Crippen LogP contribution in [0.4, 0.5) is 4.39 Å². The molecule has 0 bridgehead atoms. The number of benzene rings is 1. The first-order valence-corrected chi connectivity index (χ1v) is 8.08. The van der Waals surface area contributed by atoms with Crippen LogP contribution in [-0.2, 0) is 17.1 Å². The van der Waals surface area contributed by atoms with Gasteiger partial charge in [0.05, 0.1) is 24.2 Å². The summed E-state index contributed by atoms with van der Waals surface area (Å²) in [6.07, 6.45) is 1.65. The number of nitrogens with zero attached hydrogens (tertiary/aromatic N) is 2. The lowest BCUT2D eigenvalue weighted by molar-refractivity contribution is 0.405. The molecule has 0 amide bonds. The fraction of sp³-hybridized carbons (Fsp3) is 0.357. The van der Waals surface area contributed by atoms with E-state index in [1.807, 2.05) is 0 Å². The molecule has 1 atom stereocenters. The van der Waals surface area contributed by atoms with E-state index in [9.17, 15) is 12.8 Å². The van der Waals surface area contributed by atoms with Crippen LogP contribution in [0.5, 0.6) is 5.75 Å². The van der Waals surface area contributed by atoms with Crippen LogP contribution < -0.4 is 9.46 Å². The lowest BCUT2D eigenvalue weighted by atomic mass is 10.2. The van der Waals surface area contributed by atoms with Crippen LogP contribution in [0.25, 0.3) is 0 Å². The highest BCUT2D eigenvalue weighted by Gasteiger charge is 2.23. The first-order valence-electron chi connectivity index (χ1n) is 6.60. The molecule has 0 fully saturated rings. The van der Waals surface area contributed by atoms with Gasteiger partial charge < -0.3 is 4.74 Å². The second kappa shape index (κ2) is 6.05. The number of rotatable bonds is 5. The zero-order valence-corrected chi connectivity index (χ0v) is 13.6. The van der Waals surface area contributed by atoms with Crippen LogP contribution in [0.1, 0.15) is 24.2 Å². The molecule has 6 nitrogen and oxygen atoms in total. The SMILES string of the molecule is COc1cn(C)nc1C(C)NS(=O)(=O)c1cc(C)cc(F)c1. The first-order chi connectivity index (χ1) is 10.2. The largest absolute Gasteiger partial charge is 0.493 e. The van der Waals surface area contributed by atoms with Crippen LogP contribution in [-0.4, -0.2) is 25.3 Å². The number of aromatic nitrogens is 2. The predicted molar refractivity (Wildman–Crippen MR) is 79.6 cm³/mol. The van der Waals surface area contributed by atoms with Crippen molar-refractivity contribution < 1.29 is 17.5 Å². The Bertz CT molecular complexity index is 766. The molecule has 0 aliphatic rings. The van der Waals surface area contributed by atoms with Gasteiger partial charge in [-0.2, -0.15) is 5.10 Å². The molecular weight excluding hydrogens is 309 g/mol. The molecule has 0 aliphatic heterocycles. The maximum Gasteiger partial charge on any atom is 0.241 e. The van der Waals surface area contributed by atoms with Crippen molar-refractivity contribution in [2.75, 3.05) is 7.11 Å². The molecule has 2 rings (SSSR count). The lowest BCUT2D eigenvalue weighted by Crippen LogP contribution is -2.27.